The molecule has 22 heavy (non-hydrogen) atoms. The van der Waals surface area contributed by atoms with Gasteiger partial charge in [0.2, 0.25) is 0 Å². The smallest absolute Gasteiger partial charge is 0.122 e. The maximum Gasteiger partial charge on any atom is 0.122 e. The first kappa shape index (κ1) is 15.4. The third kappa shape index (κ3) is 3.28. The lowest BCUT2D eigenvalue weighted by Gasteiger charge is -2.04. The van der Waals surface area contributed by atoms with Crippen LogP contribution in [0.15, 0.2) is 29.0 Å². The summed E-state index contributed by atoms with van der Waals surface area (Å²) in [5.41, 5.74) is 3.33. The van der Waals surface area contributed by atoms with Crippen molar-refractivity contribution in [1.29, 1.82) is 0 Å². The predicted octanol–water partition coefficient (Wildman–Crippen LogP) is 4.50. The van der Waals surface area contributed by atoms with Gasteiger partial charge < -0.3 is 9.73 Å². The predicted molar refractivity (Wildman–Crippen MR) is 94.9 cm³/mol. The van der Waals surface area contributed by atoms with Crippen LogP contribution in [0.2, 0.25) is 0 Å². The average molecular weight is 333 g/mol. The van der Waals surface area contributed by atoms with Crippen molar-refractivity contribution in [1.82, 2.24) is 10.2 Å². The van der Waals surface area contributed by atoms with Crippen LogP contribution < -0.4 is 5.32 Å². The Hall–Kier alpha value is -1.53. The summed E-state index contributed by atoms with van der Waals surface area (Å²) in [5, 5.41) is 11.9. The number of rotatable bonds is 7. The maximum absolute atomic E-state index is 5.36. The Morgan fingerprint density at radius 1 is 1.41 bits per heavy atom. The first-order valence-corrected chi connectivity index (χ1v) is 9.49. The molecule has 3 heterocycles. The zero-order valence-electron chi connectivity index (χ0n) is 12.8. The molecule has 0 saturated heterocycles. The van der Waals surface area contributed by atoms with Crippen LogP contribution in [-0.2, 0) is 13.0 Å². The Bertz CT molecular complexity index is 737. The molecule has 6 heteroatoms. The second kappa shape index (κ2) is 7.15. The van der Waals surface area contributed by atoms with E-state index in [1.807, 2.05) is 35.2 Å². The number of hydrogen-bond acceptors (Lipinski definition) is 6. The summed E-state index contributed by atoms with van der Waals surface area (Å²) >= 11 is 3.73. The van der Waals surface area contributed by atoms with Gasteiger partial charge in [-0.15, -0.1) is 16.4 Å². The van der Waals surface area contributed by atoms with Crippen LogP contribution in [0.5, 0.6) is 0 Å². The largest absolute Gasteiger partial charge is 0.467 e. The number of aryl methyl sites for hydroxylation is 2. The Labute approximate surface area is 138 Å². The van der Waals surface area contributed by atoms with E-state index in [4.69, 9.17) is 4.42 Å². The summed E-state index contributed by atoms with van der Waals surface area (Å²) in [5.74, 6) is 2.11. The third-order valence-electron chi connectivity index (χ3n) is 3.59. The van der Waals surface area contributed by atoms with Crippen LogP contribution in [-0.4, -0.2) is 22.2 Å². The standard InChI is InChI=1S/C16H19N3OS2/c1-11-14(6-4-8-21-2)22-16-13(10-18-19-15(11)16)17-9-12-5-3-7-20-12/h3,5,7,10H,4,6,8-9H2,1-2H3,(H,17,19). The number of fused-ring (bicyclic) bond motifs is 1. The van der Waals surface area contributed by atoms with Gasteiger partial charge in [0.15, 0.2) is 0 Å². The van der Waals surface area contributed by atoms with Gasteiger partial charge in [0.05, 0.1) is 29.4 Å². The Morgan fingerprint density at radius 2 is 2.32 bits per heavy atom. The van der Waals surface area contributed by atoms with Crippen molar-refractivity contribution in [2.45, 2.75) is 26.3 Å². The molecule has 116 valence electrons. The Morgan fingerprint density at radius 3 is 3.09 bits per heavy atom. The minimum absolute atomic E-state index is 0.659. The summed E-state index contributed by atoms with van der Waals surface area (Å²) in [6.07, 6.45) is 7.96. The topological polar surface area (TPSA) is 51.0 Å². The lowest BCUT2D eigenvalue weighted by atomic mass is 10.2. The molecule has 0 unspecified atom stereocenters. The molecule has 0 saturated carbocycles. The van der Waals surface area contributed by atoms with Crippen molar-refractivity contribution >= 4 is 39.0 Å². The van der Waals surface area contributed by atoms with Crippen LogP contribution in [0, 0.1) is 6.92 Å². The zero-order valence-corrected chi connectivity index (χ0v) is 14.4. The first-order chi connectivity index (χ1) is 10.8. The quantitative estimate of drug-likeness (QED) is 0.645. The molecule has 0 amide bonds. The molecule has 4 nitrogen and oxygen atoms in total. The highest BCUT2D eigenvalue weighted by molar-refractivity contribution is 7.98. The minimum atomic E-state index is 0.659. The molecule has 0 aromatic carbocycles. The summed E-state index contributed by atoms with van der Waals surface area (Å²) in [6.45, 7) is 2.81. The number of nitrogens with one attached hydrogen (secondary N) is 1. The van der Waals surface area contributed by atoms with Crippen molar-refractivity contribution in [3.63, 3.8) is 0 Å². The molecule has 3 aromatic heterocycles. The number of aromatic nitrogens is 2. The molecule has 0 aliphatic carbocycles. The number of hydrogen-bond donors (Lipinski definition) is 1. The van der Waals surface area contributed by atoms with Crippen molar-refractivity contribution in [3.8, 4) is 0 Å². The summed E-state index contributed by atoms with van der Waals surface area (Å²) in [7, 11) is 0. The second-order valence-corrected chi connectivity index (χ2v) is 7.21. The SMILES string of the molecule is CSCCCc1sc2c(NCc3ccco3)cnnc2c1C. The summed E-state index contributed by atoms with van der Waals surface area (Å²) < 4.78 is 6.56. The zero-order chi connectivity index (χ0) is 15.4. The number of anilines is 1. The Balaban J connectivity index is 1.82. The summed E-state index contributed by atoms with van der Waals surface area (Å²) in [4.78, 5) is 1.42. The van der Waals surface area contributed by atoms with E-state index < -0.39 is 0 Å². The van der Waals surface area contributed by atoms with E-state index in [-0.39, 0.29) is 0 Å². The number of nitrogens with zero attached hydrogens (tertiary/aromatic N) is 2. The molecule has 3 aromatic rings. The van der Waals surface area contributed by atoms with E-state index >= 15 is 0 Å². The molecule has 0 atom stereocenters. The minimum Gasteiger partial charge on any atom is -0.467 e. The molecule has 0 bridgehead atoms. The van der Waals surface area contributed by atoms with Gasteiger partial charge in [-0.2, -0.15) is 16.9 Å². The molecular weight excluding hydrogens is 314 g/mol. The van der Waals surface area contributed by atoms with Crippen LogP contribution in [0.4, 0.5) is 5.69 Å². The fourth-order valence-corrected chi connectivity index (χ4v) is 4.09. The van der Waals surface area contributed by atoms with Crippen molar-refractivity contribution in [2.75, 3.05) is 17.3 Å². The van der Waals surface area contributed by atoms with E-state index in [2.05, 4.69) is 28.7 Å². The Kier molecular flexibility index (Phi) is 5.00. The molecule has 3 rings (SSSR count). The van der Waals surface area contributed by atoms with Crippen LogP contribution in [0.3, 0.4) is 0 Å². The number of thioether (sulfide) groups is 1. The van der Waals surface area contributed by atoms with E-state index in [1.54, 1.807) is 12.5 Å². The van der Waals surface area contributed by atoms with Gasteiger partial charge >= 0.3 is 0 Å². The van der Waals surface area contributed by atoms with E-state index in [0.717, 1.165) is 23.4 Å². The van der Waals surface area contributed by atoms with Crippen LogP contribution in [0.1, 0.15) is 22.6 Å². The van der Waals surface area contributed by atoms with Crippen LogP contribution in [0.25, 0.3) is 10.2 Å². The lowest BCUT2D eigenvalue weighted by molar-refractivity contribution is 0.518. The third-order valence-corrected chi connectivity index (χ3v) is 5.66. The van der Waals surface area contributed by atoms with Crippen LogP contribution >= 0.6 is 23.1 Å². The number of furan rings is 1. The molecule has 0 fully saturated rings. The molecule has 0 spiro atoms. The maximum atomic E-state index is 5.36. The normalized spacial score (nSPS) is 11.2. The lowest BCUT2D eigenvalue weighted by Crippen LogP contribution is -1.99. The van der Waals surface area contributed by atoms with Gasteiger partial charge in [-0.1, -0.05) is 0 Å². The average Bonchev–Trinajstić information content (AvgIpc) is 3.15. The number of thiophene rings is 1. The first-order valence-electron chi connectivity index (χ1n) is 7.28. The van der Waals surface area contributed by atoms with Gasteiger partial charge in [0.25, 0.3) is 0 Å². The van der Waals surface area contributed by atoms with Crippen molar-refractivity contribution in [2.24, 2.45) is 0 Å². The van der Waals surface area contributed by atoms with Gasteiger partial charge in [-0.3, -0.25) is 0 Å². The van der Waals surface area contributed by atoms with Gasteiger partial charge in [-0.25, -0.2) is 0 Å². The van der Waals surface area contributed by atoms with E-state index in [0.29, 0.717) is 6.54 Å². The van der Waals surface area contributed by atoms with E-state index in [9.17, 15) is 0 Å². The highest BCUT2D eigenvalue weighted by Crippen LogP contribution is 2.34. The molecule has 0 aliphatic heterocycles. The van der Waals surface area contributed by atoms with Crippen molar-refractivity contribution < 1.29 is 4.42 Å². The molecular formula is C16H19N3OS2. The fourth-order valence-electron chi connectivity index (χ4n) is 2.39. The van der Waals surface area contributed by atoms with E-state index in [1.165, 1.54) is 27.3 Å². The molecule has 1 N–H and O–H groups in total. The van der Waals surface area contributed by atoms with Gasteiger partial charge in [0, 0.05) is 4.88 Å². The second-order valence-electron chi connectivity index (χ2n) is 5.12. The van der Waals surface area contributed by atoms with Gasteiger partial charge in [-0.05, 0) is 49.5 Å². The van der Waals surface area contributed by atoms with Gasteiger partial charge in [0.1, 0.15) is 11.3 Å². The summed E-state index contributed by atoms with van der Waals surface area (Å²) in [6, 6.07) is 3.86. The molecule has 0 radical (unpaired) electrons. The van der Waals surface area contributed by atoms with Crippen molar-refractivity contribution in [3.05, 3.63) is 40.8 Å². The highest BCUT2D eigenvalue weighted by atomic mass is 32.2. The monoisotopic (exact) mass is 333 g/mol. The highest BCUT2D eigenvalue weighted by Gasteiger charge is 2.13. The fraction of sp³-hybridized carbons (Fsp3) is 0.375. The molecule has 0 aliphatic rings.